The predicted molar refractivity (Wildman–Crippen MR) is 85.1 cm³/mol. The first-order valence-corrected chi connectivity index (χ1v) is 8.72. The van der Waals surface area contributed by atoms with Crippen molar-refractivity contribution < 1.29 is 17.5 Å². The van der Waals surface area contributed by atoms with Crippen molar-refractivity contribution in [2.75, 3.05) is 6.26 Å². The number of aromatic nitrogens is 2. The summed E-state index contributed by atoms with van der Waals surface area (Å²) < 4.78 is 42.9. The summed E-state index contributed by atoms with van der Waals surface area (Å²) in [5.74, 6) is -0.511. The smallest absolute Gasteiger partial charge is 0.177 e. The van der Waals surface area contributed by atoms with E-state index < -0.39 is 15.7 Å². The molecule has 0 aliphatic rings. The molecule has 7 nitrogen and oxygen atoms in total. The molecule has 25 heavy (non-hydrogen) atoms. The number of nitrogens with zero attached hydrogens (tertiary/aromatic N) is 3. The zero-order chi connectivity index (χ0) is 18.2. The fourth-order valence-electron chi connectivity index (χ4n) is 2.37. The molecule has 3 rings (SSSR count). The SMILES string of the molecule is CS(=O)(=O)c1ccc(Oc2cc(F)cc(C#N)c2)c2c(C#N)n[nH]c12. The van der Waals surface area contributed by atoms with Crippen LogP contribution in [0.4, 0.5) is 4.39 Å². The van der Waals surface area contributed by atoms with Crippen LogP contribution < -0.4 is 4.74 Å². The third-order valence-corrected chi connectivity index (χ3v) is 4.52. The standard InChI is InChI=1S/C16H9FN4O3S/c1-25(22,23)14-3-2-13(15-12(8-19)20-21-16(14)15)24-11-5-9(7-18)4-10(17)6-11/h2-6H,1H3,(H,20,21). The molecule has 3 aromatic rings. The molecule has 1 N–H and O–H groups in total. The van der Waals surface area contributed by atoms with Crippen molar-refractivity contribution in [3.8, 4) is 23.6 Å². The minimum atomic E-state index is -3.57. The molecule has 0 aliphatic carbocycles. The van der Waals surface area contributed by atoms with Crippen molar-refractivity contribution in [3.05, 3.63) is 47.4 Å². The van der Waals surface area contributed by atoms with Gasteiger partial charge in [-0.1, -0.05) is 0 Å². The second-order valence-electron chi connectivity index (χ2n) is 5.16. The average molecular weight is 356 g/mol. The molecule has 0 spiro atoms. The van der Waals surface area contributed by atoms with Gasteiger partial charge < -0.3 is 4.74 Å². The highest BCUT2D eigenvalue weighted by molar-refractivity contribution is 7.91. The fourth-order valence-corrected chi connectivity index (χ4v) is 3.20. The molecule has 0 atom stereocenters. The summed E-state index contributed by atoms with van der Waals surface area (Å²) in [6.07, 6.45) is 1.03. The van der Waals surface area contributed by atoms with Crippen molar-refractivity contribution >= 4 is 20.7 Å². The van der Waals surface area contributed by atoms with Gasteiger partial charge in [-0.2, -0.15) is 15.6 Å². The molecule has 2 aromatic carbocycles. The molecular formula is C16H9FN4O3S. The van der Waals surface area contributed by atoms with Crippen molar-refractivity contribution in [2.24, 2.45) is 0 Å². The number of hydrogen-bond donors (Lipinski definition) is 1. The molecule has 0 aliphatic heterocycles. The minimum Gasteiger partial charge on any atom is -0.456 e. The van der Waals surface area contributed by atoms with Gasteiger partial charge >= 0.3 is 0 Å². The van der Waals surface area contributed by atoms with Gasteiger partial charge in [0.15, 0.2) is 15.5 Å². The number of H-pyrrole nitrogens is 1. The van der Waals surface area contributed by atoms with Gasteiger partial charge in [-0.3, -0.25) is 5.10 Å². The van der Waals surface area contributed by atoms with E-state index >= 15 is 0 Å². The zero-order valence-corrected chi connectivity index (χ0v) is 13.6. The van der Waals surface area contributed by atoms with Crippen LogP contribution >= 0.6 is 0 Å². The molecule has 9 heteroatoms. The number of benzene rings is 2. The average Bonchev–Trinajstić information content (AvgIpc) is 2.97. The summed E-state index contributed by atoms with van der Waals surface area (Å²) in [7, 11) is -3.57. The molecule has 0 fully saturated rings. The van der Waals surface area contributed by atoms with E-state index in [1.807, 2.05) is 12.1 Å². The molecule has 0 unspecified atom stereocenters. The number of rotatable bonds is 3. The van der Waals surface area contributed by atoms with Crippen LogP contribution in [0.2, 0.25) is 0 Å². The lowest BCUT2D eigenvalue weighted by Crippen LogP contribution is -1.99. The third-order valence-electron chi connectivity index (χ3n) is 3.38. The second kappa shape index (κ2) is 5.89. The van der Waals surface area contributed by atoms with E-state index in [0.717, 1.165) is 18.4 Å². The van der Waals surface area contributed by atoms with E-state index in [9.17, 15) is 18.1 Å². The number of halogens is 1. The van der Waals surface area contributed by atoms with E-state index in [2.05, 4.69) is 10.2 Å². The minimum absolute atomic E-state index is 0.0371. The summed E-state index contributed by atoms with van der Waals surface area (Å²) in [5.41, 5.74) is 0.118. The van der Waals surface area contributed by atoms with Crippen LogP contribution in [0.3, 0.4) is 0 Å². The second-order valence-corrected chi connectivity index (χ2v) is 7.14. The molecule has 0 radical (unpaired) electrons. The summed E-state index contributed by atoms with van der Waals surface area (Å²) in [4.78, 5) is -0.0409. The largest absolute Gasteiger partial charge is 0.456 e. The Balaban J connectivity index is 2.22. The monoisotopic (exact) mass is 356 g/mol. The summed E-state index contributed by atoms with van der Waals surface area (Å²) >= 11 is 0. The van der Waals surface area contributed by atoms with Crippen molar-refractivity contribution in [3.63, 3.8) is 0 Å². The highest BCUT2D eigenvalue weighted by Crippen LogP contribution is 2.35. The Labute approximate surface area is 141 Å². The summed E-state index contributed by atoms with van der Waals surface area (Å²) in [5, 5.41) is 24.6. The predicted octanol–water partition coefficient (Wildman–Crippen LogP) is 2.64. The number of hydrogen-bond acceptors (Lipinski definition) is 6. The maximum absolute atomic E-state index is 13.6. The van der Waals surface area contributed by atoms with Crippen LogP contribution in [-0.2, 0) is 9.84 Å². The van der Waals surface area contributed by atoms with Gasteiger partial charge in [-0.05, 0) is 24.3 Å². The number of sulfone groups is 1. The Bertz CT molecular complexity index is 1190. The molecular weight excluding hydrogens is 347 g/mol. The molecule has 0 saturated carbocycles. The lowest BCUT2D eigenvalue weighted by atomic mass is 10.2. The third kappa shape index (κ3) is 3.01. The summed E-state index contributed by atoms with van der Waals surface area (Å²) in [6, 6.07) is 9.76. The Hall–Kier alpha value is -3.43. The van der Waals surface area contributed by atoms with Gasteiger partial charge in [0.25, 0.3) is 0 Å². The van der Waals surface area contributed by atoms with E-state index in [1.54, 1.807) is 0 Å². The number of fused-ring (bicyclic) bond motifs is 1. The maximum atomic E-state index is 13.6. The number of aromatic amines is 1. The zero-order valence-electron chi connectivity index (χ0n) is 12.7. The first kappa shape index (κ1) is 16.4. The van der Waals surface area contributed by atoms with Crippen LogP contribution in [0, 0.1) is 28.5 Å². The van der Waals surface area contributed by atoms with Gasteiger partial charge in [0, 0.05) is 12.3 Å². The molecule has 1 aromatic heterocycles. The van der Waals surface area contributed by atoms with Gasteiger partial charge in [-0.15, -0.1) is 0 Å². The Morgan fingerprint density at radius 1 is 1.20 bits per heavy atom. The van der Waals surface area contributed by atoms with Crippen LogP contribution in [0.5, 0.6) is 11.5 Å². The van der Waals surface area contributed by atoms with Crippen LogP contribution in [0.25, 0.3) is 10.9 Å². The Morgan fingerprint density at radius 3 is 2.60 bits per heavy atom. The van der Waals surface area contributed by atoms with Crippen LogP contribution in [-0.4, -0.2) is 24.9 Å². The van der Waals surface area contributed by atoms with Crippen molar-refractivity contribution in [1.29, 1.82) is 10.5 Å². The van der Waals surface area contributed by atoms with Crippen molar-refractivity contribution in [2.45, 2.75) is 4.90 Å². The Morgan fingerprint density at radius 2 is 1.96 bits per heavy atom. The van der Waals surface area contributed by atoms with E-state index in [1.165, 1.54) is 18.2 Å². The van der Waals surface area contributed by atoms with Crippen LogP contribution in [0.1, 0.15) is 11.3 Å². The molecule has 0 amide bonds. The lowest BCUT2D eigenvalue weighted by molar-refractivity contribution is 0.481. The number of nitriles is 2. The fraction of sp³-hybridized carbons (Fsp3) is 0.0625. The van der Waals surface area contributed by atoms with E-state index in [4.69, 9.17) is 10.00 Å². The topological polar surface area (TPSA) is 120 Å². The molecule has 1 heterocycles. The molecule has 0 bridgehead atoms. The van der Waals surface area contributed by atoms with E-state index in [-0.39, 0.29) is 38.6 Å². The van der Waals surface area contributed by atoms with Gasteiger partial charge in [0.05, 0.1) is 27.4 Å². The quantitative estimate of drug-likeness (QED) is 0.770. The first-order chi connectivity index (χ1) is 11.8. The molecule has 124 valence electrons. The maximum Gasteiger partial charge on any atom is 0.177 e. The highest BCUT2D eigenvalue weighted by atomic mass is 32.2. The number of ether oxygens (including phenoxy) is 1. The first-order valence-electron chi connectivity index (χ1n) is 6.83. The summed E-state index contributed by atoms with van der Waals surface area (Å²) in [6.45, 7) is 0. The lowest BCUT2D eigenvalue weighted by Gasteiger charge is -2.09. The van der Waals surface area contributed by atoms with Gasteiger partial charge in [0.1, 0.15) is 23.4 Å². The number of nitrogens with one attached hydrogen (secondary N) is 1. The van der Waals surface area contributed by atoms with Gasteiger partial charge in [-0.25, -0.2) is 12.8 Å². The van der Waals surface area contributed by atoms with E-state index in [0.29, 0.717) is 0 Å². The van der Waals surface area contributed by atoms with Crippen molar-refractivity contribution in [1.82, 2.24) is 10.2 Å². The van der Waals surface area contributed by atoms with Gasteiger partial charge in [0.2, 0.25) is 0 Å². The molecule has 0 saturated heterocycles. The normalized spacial score (nSPS) is 11.0. The van der Waals surface area contributed by atoms with Crippen LogP contribution in [0.15, 0.2) is 35.2 Å². The Kier molecular flexibility index (Phi) is 3.87. The highest BCUT2D eigenvalue weighted by Gasteiger charge is 2.20.